The highest BCUT2D eigenvalue weighted by Crippen LogP contribution is 2.30. The van der Waals surface area contributed by atoms with Crippen LogP contribution in [0.1, 0.15) is 33.2 Å². The molecule has 3 aromatic rings. The van der Waals surface area contributed by atoms with E-state index in [0.717, 1.165) is 11.1 Å². The lowest BCUT2D eigenvalue weighted by atomic mass is 10.1. The molecule has 170 valence electrons. The van der Waals surface area contributed by atoms with Gasteiger partial charge in [-0.25, -0.2) is 4.79 Å². The maximum Gasteiger partial charge on any atom is 0.339 e. The first kappa shape index (κ1) is 23.6. The van der Waals surface area contributed by atoms with Crippen molar-refractivity contribution in [2.24, 2.45) is 0 Å². The summed E-state index contributed by atoms with van der Waals surface area (Å²) in [4.78, 5) is 26.2. The predicted molar refractivity (Wildman–Crippen MR) is 128 cm³/mol. The molecule has 0 aliphatic heterocycles. The molecule has 0 aliphatic rings. The highest BCUT2D eigenvalue weighted by Gasteiger charge is 2.26. The number of hydrogen-bond acceptors (Lipinski definition) is 5. The van der Waals surface area contributed by atoms with E-state index in [1.165, 1.54) is 13.2 Å². The predicted octanol–water partition coefficient (Wildman–Crippen LogP) is 5.41. The van der Waals surface area contributed by atoms with Gasteiger partial charge < -0.3 is 19.5 Å². The Morgan fingerprint density at radius 2 is 1.76 bits per heavy atom. The van der Waals surface area contributed by atoms with Crippen molar-refractivity contribution in [2.75, 3.05) is 19.0 Å². The second-order valence-electron chi connectivity index (χ2n) is 7.47. The van der Waals surface area contributed by atoms with Gasteiger partial charge in [0.1, 0.15) is 6.61 Å². The fraction of sp³-hybridized carbons (Fsp3) is 0.185. The van der Waals surface area contributed by atoms with Crippen LogP contribution in [-0.4, -0.2) is 25.6 Å². The Labute approximate surface area is 193 Å². The minimum atomic E-state index is -1.14. The Morgan fingerprint density at radius 1 is 1.00 bits per heavy atom. The van der Waals surface area contributed by atoms with Crippen LogP contribution < -0.4 is 14.8 Å². The fourth-order valence-electron chi connectivity index (χ4n) is 3.21. The van der Waals surface area contributed by atoms with Crippen molar-refractivity contribution in [1.29, 1.82) is 0 Å². The lowest BCUT2D eigenvalue weighted by Crippen LogP contribution is -2.26. The molecular formula is C27H27NO5. The Morgan fingerprint density at radius 3 is 2.45 bits per heavy atom. The topological polar surface area (TPSA) is 73.9 Å². The number of nitrogens with one attached hydrogen (secondary N) is 1. The van der Waals surface area contributed by atoms with Crippen LogP contribution in [-0.2, 0) is 9.53 Å². The number of anilines is 1. The van der Waals surface area contributed by atoms with Crippen molar-refractivity contribution in [2.45, 2.75) is 20.0 Å². The zero-order chi connectivity index (χ0) is 23.8. The number of methoxy groups -OCH3 is 1. The Hall–Kier alpha value is -4.06. The van der Waals surface area contributed by atoms with Gasteiger partial charge in [-0.1, -0.05) is 55.1 Å². The molecule has 6 heteroatoms. The zero-order valence-electron chi connectivity index (χ0n) is 19.0. The van der Waals surface area contributed by atoms with E-state index in [4.69, 9.17) is 14.2 Å². The molecule has 0 saturated carbocycles. The molecule has 1 N–H and O–H groups in total. The van der Waals surface area contributed by atoms with Gasteiger partial charge in [-0.2, -0.15) is 0 Å². The average molecular weight is 446 g/mol. The van der Waals surface area contributed by atoms with Gasteiger partial charge >= 0.3 is 5.97 Å². The van der Waals surface area contributed by atoms with Gasteiger partial charge in [0.05, 0.1) is 12.7 Å². The van der Waals surface area contributed by atoms with E-state index in [2.05, 4.69) is 11.9 Å². The van der Waals surface area contributed by atoms with Crippen molar-refractivity contribution in [1.82, 2.24) is 0 Å². The lowest BCUT2D eigenvalue weighted by Gasteiger charge is -2.19. The number of esters is 1. The molecule has 0 heterocycles. The van der Waals surface area contributed by atoms with Crippen molar-refractivity contribution in [3.05, 3.63) is 102 Å². The summed E-state index contributed by atoms with van der Waals surface area (Å²) < 4.78 is 16.5. The number of amides is 1. The molecule has 1 atom stereocenters. The van der Waals surface area contributed by atoms with Crippen LogP contribution in [0.2, 0.25) is 0 Å². The van der Waals surface area contributed by atoms with Crippen molar-refractivity contribution >= 4 is 17.6 Å². The molecule has 0 radical (unpaired) electrons. The molecule has 1 unspecified atom stereocenters. The number of rotatable bonds is 9. The minimum absolute atomic E-state index is 0.235. The summed E-state index contributed by atoms with van der Waals surface area (Å²) in [5, 5.41) is 2.89. The molecule has 3 rings (SSSR count). The molecule has 6 nitrogen and oxygen atoms in total. The van der Waals surface area contributed by atoms with Crippen molar-refractivity contribution in [3.8, 4) is 11.5 Å². The lowest BCUT2D eigenvalue weighted by molar-refractivity contribution is -0.125. The van der Waals surface area contributed by atoms with E-state index in [-0.39, 0.29) is 5.56 Å². The SMILES string of the molecule is C=CCOc1ccc(C(=O)OC(C(=O)Nc2cc(C)ccc2C)c2ccccc2)cc1OC. The van der Waals surface area contributed by atoms with Crippen molar-refractivity contribution < 1.29 is 23.8 Å². The molecule has 0 aliphatic carbocycles. The second kappa shape index (κ2) is 11.0. The van der Waals surface area contributed by atoms with Gasteiger partial charge in [0, 0.05) is 11.3 Å². The number of aryl methyl sites for hydroxylation is 2. The third-order valence-corrected chi connectivity index (χ3v) is 4.97. The van der Waals surface area contributed by atoms with E-state index in [1.54, 1.807) is 42.5 Å². The zero-order valence-corrected chi connectivity index (χ0v) is 19.0. The molecule has 33 heavy (non-hydrogen) atoms. The monoisotopic (exact) mass is 445 g/mol. The summed E-state index contributed by atoms with van der Waals surface area (Å²) >= 11 is 0. The first-order valence-electron chi connectivity index (χ1n) is 10.5. The highest BCUT2D eigenvalue weighted by atomic mass is 16.5. The molecule has 0 saturated heterocycles. The van der Waals surface area contributed by atoms with Crippen molar-refractivity contribution in [3.63, 3.8) is 0 Å². The fourth-order valence-corrected chi connectivity index (χ4v) is 3.21. The first-order chi connectivity index (χ1) is 15.9. The molecule has 0 fully saturated rings. The molecular weight excluding hydrogens is 418 g/mol. The molecule has 3 aromatic carbocycles. The van der Waals surface area contributed by atoms with Crippen LogP contribution in [0.5, 0.6) is 11.5 Å². The normalized spacial score (nSPS) is 11.2. The maximum absolute atomic E-state index is 13.2. The molecule has 0 aromatic heterocycles. The second-order valence-corrected chi connectivity index (χ2v) is 7.47. The number of hydrogen-bond donors (Lipinski definition) is 1. The standard InChI is InChI=1S/C27H27NO5/c1-5-15-32-23-14-13-21(17-24(23)31-4)27(30)33-25(20-9-7-6-8-10-20)26(29)28-22-16-18(2)11-12-19(22)3/h5-14,16-17,25H,1,15H2,2-4H3,(H,28,29). The van der Waals surface area contributed by atoms with Gasteiger partial charge in [0.2, 0.25) is 6.10 Å². The first-order valence-corrected chi connectivity index (χ1v) is 10.5. The number of carbonyl (C=O) groups excluding carboxylic acids is 2. The third-order valence-electron chi connectivity index (χ3n) is 4.97. The molecule has 1 amide bonds. The summed E-state index contributed by atoms with van der Waals surface area (Å²) in [5.74, 6) is -0.252. The van der Waals surface area contributed by atoms with Gasteiger partial charge in [0.25, 0.3) is 5.91 Å². The van der Waals surface area contributed by atoms with Crippen LogP contribution in [0.3, 0.4) is 0 Å². The van der Waals surface area contributed by atoms with Crippen LogP contribution in [0.15, 0.2) is 79.4 Å². The summed E-state index contributed by atoms with van der Waals surface area (Å²) in [7, 11) is 1.48. The molecule has 0 spiro atoms. The summed E-state index contributed by atoms with van der Waals surface area (Å²) in [5.41, 5.74) is 3.38. The summed E-state index contributed by atoms with van der Waals surface area (Å²) in [6.45, 7) is 7.77. The summed E-state index contributed by atoms with van der Waals surface area (Å²) in [6, 6.07) is 19.4. The van der Waals surface area contributed by atoms with E-state index in [9.17, 15) is 9.59 Å². The summed E-state index contributed by atoms with van der Waals surface area (Å²) in [6.07, 6.45) is 0.474. The van der Waals surface area contributed by atoms with Gasteiger partial charge in [0.15, 0.2) is 11.5 Å². The largest absolute Gasteiger partial charge is 0.493 e. The minimum Gasteiger partial charge on any atom is -0.493 e. The van der Waals surface area contributed by atoms with Gasteiger partial charge in [-0.05, 0) is 49.2 Å². The van der Waals surface area contributed by atoms with Crippen LogP contribution in [0.4, 0.5) is 5.69 Å². The third kappa shape index (κ3) is 6.01. The van der Waals surface area contributed by atoms with Gasteiger partial charge in [-0.3, -0.25) is 4.79 Å². The smallest absolute Gasteiger partial charge is 0.339 e. The number of benzene rings is 3. The highest BCUT2D eigenvalue weighted by molar-refractivity contribution is 5.98. The van der Waals surface area contributed by atoms with Crippen LogP contribution in [0.25, 0.3) is 0 Å². The van der Waals surface area contributed by atoms with E-state index < -0.39 is 18.0 Å². The Kier molecular flexibility index (Phi) is 7.86. The number of ether oxygens (including phenoxy) is 3. The maximum atomic E-state index is 13.2. The van der Waals surface area contributed by atoms with E-state index in [0.29, 0.717) is 29.4 Å². The number of carbonyl (C=O) groups is 2. The van der Waals surface area contributed by atoms with Crippen LogP contribution >= 0.6 is 0 Å². The van der Waals surface area contributed by atoms with Crippen LogP contribution in [0, 0.1) is 13.8 Å². The average Bonchev–Trinajstić information content (AvgIpc) is 2.83. The Balaban J connectivity index is 1.86. The van der Waals surface area contributed by atoms with E-state index in [1.807, 2.05) is 38.1 Å². The Bertz CT molecular complexity index is 1140. The quantitative estimate of drug-likeness (QED) is 0.352. The van der Waals surface area contributed by atoms with Gasteiger partial charge in [-0.15, -0.1) is 0 Å². The van der Waals surface area contributed by atoms with E-state index >= 15 is 0 Å². The molecule has 0 bridgehead atoms.